The minimum absolute atomic E-state index is 0.131. The van der Waals surface area contributed by atoms with E-state index in [0.29, 0.717) is 5.75 Å². The van der Waals surface area contributed by atoms with Crippen molar-refractivity contribution in [2.75, 3.05) is 18.8 Å². The first-order valence-corrected chi connectivity index (χ1v) is 7.18. The van der Waals surface area contributed by atoms with Crippen molar-refractivity contribution in [3.05, 3.63) is 0 Å². The minimum atomic E-state index is -1.01. The summed E-state index contributed by atoms with van der Waals surface area (Å²) in [5.74, 6) is -1.43. The summed E-state index contributed by atoms with van der Waals surface area (Å²) < 4.78 is 0. The van der Waals surface area contributed by atoms with Crippen molar-refractivity contribution in [2.45, 2.75) is 31.2 Å². The van der Waals surface area contributed by atoms with Crippen LogP contribution in [0.15, 0.2) is 0 Å². The molecular weight excluding hydrogens is 270 g/mol. The number of carboxylic acid groups (broad SMARTS) is 1. The summed E-state index contributed by atoms with van der Waals surface area (Å²) in [6.07, 6.45) is 1.61. The highest BCUT2D eigenvalue weighted by molar-refractivity contribution is 8.00. The first kappa shape index (κ1) is 15.8. The van der Waals surface area contributed by atoms with Crippen LogP contribution in [-0.2, 0) is 14.4 Å². The number of rotatable bonds is 6. The van der Waals surface area contributed by atoms with Gasteiger partial charge in [0.1, 0.15) is 6.04 Å². The molecule has 0 radical (unpaired) electrons. The Morgan fingerprint density at radius 3 is 2.68 bits per heavy atom. The van der Waals surface area contributed by atoms with Crippen molar-refractivity contribution in [3.63, 3.8) is 0 Å². The zero-order valence-corrected chi connectivity index (χ0v) is 11.6. The lowest BCUT2D eigenvalue weighted by atomic mass is 10.2. The molecule has 1 aliphatic heterocycles. The second-order valence-electron chi connectivity index (χ2n) is 4.21. The van der Waals surface area contributed by atoms with Crippen molar-refractivity contribution in [1.29, 1.82) is 0 Å². The number of nitrogens with two attached hydrogens (primary N) is 1. The van der Waals surface area contributed by atoms with Crippen LogP contribution < -0.4 is 11.1 Å². The van der Waals surface area contributed by atoms with E-state index in [9.17, 15) is 14.4 Å². The minimum Gasteiger partial charge on any atom is -0.480 e. The van der Waals surface area contributed by atoms with Crippen molar-refractivity contribution in [2.24, 2.45) is 5.73 Å². The van der Waals surface area contributed by atoms with E-state index in [2.05, 4.69) is 5.32 Å². The fourth-order valence-corrected chi connectivity index (χ4v) is 3.43. The quantitative estimate of drug-likeness (QED) is 0.591. The van der Waals surface area contributed by atoms with Gasteiger partial charge in [-0.25, -0.2) is 4.79 Å². The molecule has 8 heteroatoms. The number of carbonyl (C=O) groups excluding carboxylic acids is 2. The third-order valence-electron chi connectivity index (χ3n) is 2.82. The zero-order chi connectivity index (χ0) is 14.4. The molecule has 7 nitrogen and oxygen atoms in total. The Balaban J connectivity index is 2.69. The molecule has 108 valence electrons. The fraction of sp³-hybridized carbons (Fsp3) is 0.727. The van der Waals surface area contributed by atoms with Gasteiger partial charge in [-0.3, -0.25) is 9.59 Å². The topological polar surface area (TPSA) is 113 Å². The number of amides is 2. The normalized spacial score (nSPS) is 22.3. The van der Waals surface area contributed by atoms with E-state index >= 15 is 0 Å². The largest absolute Gasteiger partial charge is 0.480 e. The third-order valence-corrected chi connectivity index (χ3v) is 4.18. The molecule has 1 rings (SSSR count). The first-order chi connectivity index (χ1) is 9.01. The van der Waals surface area contributed by atoms with Gasteiger partial charge in [-0.05, 0) is 6.42 Å². The number of thioether (sulfide) groups is 1. The molecule has 2 atom stereocenters. The van der Waals surface area contributed by atoms with E-state index in [4.69, 9.17) is 10.8 Å². The fourth-order valence-electron chi connectivity index (χ4n) is 1.90. The van der Waals surface area contributed by atoms with Crippen LogP contribution in [0.25, 0.3) is 0 Å². The highest BCUT2D eigenvalue weighted by atomic mass is 32.2. The van der Waals surface area contributed by atoms with Crippen LogP contribution in [0.5, 0.6) is 0 Å². The summed E-state index contributed by atoms with van der Waals surface area (Å²) in [6.45, 7) is 1.58. The van der Waals surface area contributed by atoms with Crippen LogP contribution in [0.1, 0.15) is 19.8 Å². The number of hydrogen-bond donors (Lipinski definition) is 3. The van der Waals surface area contributed by atoms with Crippen LogP contribution in [0.4, 0.5) is 0 Å². The molecule has 0 saturated carbocycles. The third kappa shape index (κ3) is 4.10. The number of carbonyl (C=O) groups is 3. The lowest BCUT2D eigenvalue weighted by molar-refractivity contribution is -0.149. The average molecular weight is 289 g/mol. The van der Waals surface area contributed by atoms with Gasteiger partial charge in [0.25, 0.3) is 0 Å². The molecular formula is C11H19N3O4S. The molecule has 19 heavy (non-hydrogen) atoms. The molecule has 2 amide bonds. The highest BCUT2D eigenvalue weighted by Crippen LogP contribution is 2.32. The standard InChI is InChI=1S/C11H19N3O4S/c1-2-3-10-14(7(6-19-10)11(17)18)9(16)5-13-8(15)4-12/h7,10H,2-6,12H2,1H3,(H,13,15)(H,17,18). The smallest absolute Gasteiger partial charge is 0.327 e. The Kier molecular flexibility index (Phi) is 6.10. The predicted octanol–water partition coefficient (Wildman–Crippen LogP) is -0.784. The highest BCUT2D eigenvalue weighted by Gasteiger charge is 2.40. The molecule has 4 N–H and O–H groups in total. The predicted molar refractivity (Wildman–Crippen MR) is 71.5 cm³/mol. The van der Waals surface area contributed by atoms with Crippen molar-refractivity contribution >= 4 is 29.5 Å². The molecule has 0 spiro atoms. The van der Waals surface area contributed by atoms with E-state index in [1.807, 2.05) is 6.92 Å². The number of nitrogens with zero attached hydrogens (tertiary/aromatic N) is 1. The molecule has 0 aromatic carbocycles. The first-order valence-electron chi connectivity index (χ1n) is 6.13. The van der Waals surface area contributed by atoms with Crippen molar-refractivity contribution in [1.82, 2.24) is 10.2 Å². The van der Waals surface area contributed by atoms with Crippen LogP contribution in [0, 0.1) is 0 Å². The molecule has 1 heterocycles. The number of nitrogens with one attached hydrogen (secondary N) is 1. The maximum atomic E-state index is 12.1. The molecule has 1 saturated heterocycles. The summed E-state index contributed by atoms with van der Waals surface area (Å²) in [6, 6.07) is -0.816. The van der Waals surface area contributed by atoms with Gasteiger partial charge >= 0.3 is 5.97 Å². The van der Waals surface area contributed by atoms with Crippen LogP contribution >= 0.6 is 11.8 Å². The number of carboxylic acids is 1. The summed E-state index contributed by atoms with van der Waals surface area (Å²) >= 11 is 1.47. The van der Waals surface area contributed by atoms with Crippen LogP contribution in [-0.4, -0.2) is 58.0 Å². The van der Waals surface area contributed by atoms with Crippen molar-refractivity contribution in [3.8, 4) is 0 Å². The van der Waals surface area contributed by atoms with Crippen LogP contribution in [0.3, 0.4) is 0 Å². The van der Waals surface area contributed by atoms with Gasteiger partial charge in [-0.1, -0.05) is 13.3 Å². The van der Waals surface area contributed by atoms with Gasteiger partial charge in [-0.2, -0.15) is 0 Å². The summed E-state index contributed by atoms with van der Waals surface area (Å²) in [5.41, 5.74) is 5.13. The second-order valence-corrected chi connectivity index (χ2v) is 5.42. The lowest BCUT2D eigenvalue weighted by Gasteiger charge is -2.27. The van der Waals surface area contributed by atoms with Crippen LogP contribution in [0.2, 0.25) is 0 Å². The van der Waals surface area contributed by atoms with Gasteiger partial charge in [0.2, 0.25) is 11.8 Å². The molecule has 0 aromatic heterocycles. The molecule has 1 fully saturated rings. The van der Waals surface area contributed by atoms with Gasteiger partial charge in [-0.15, -0.1) is 11.8 Å². The maximum Gasteiger partial charge on any atom is 0.327 e. The Bertz CT molecular complexity index is 364. The molecule has 0 bridgehead atoms. The van der Waals surface area contributed by atoms with E-state index < -0.39 is 17.9 Å². The Morgan fingerprint density at radius 1 is 1.47 bits per heavy atom. The molecule has 0 aliphatic carbocycles. The Hall–Kier alpha value is -1.28. The SMILES string of the molecule is CCCC1SCC(C(=O)O)N1C(=O)CNC(=O)CN. The number of hydrogen-bond acceptors (Lipinski definition) is 5. The summed E-state index contributed by atoms with van der Waals surface area (Å²) in [7, 11) is 0. The zero-order valence-electron chi connectivity index (χ0n) is 10.8. The lowest BCUT2D eigenvalue weighted by Crippen LogP contribution is -2.50. The van der Waals surface area contributed by atoms with Gasteiger partial charge in [0.15, 0.2) is 0 Å². The summed E-state index contributed by atoms with van der Waals surface area (Å²) in [4.78, 5) is 35.6. The van der Waals surface area contributed by atoms with Gasteiger partial charge in [0.05, 0.1) is 18.5 Å². The monoisotopic (exact) mass is 289 g/mol. The Labute approximate surface area is 115 Å². The molecule has 2 unspecified atom stereocenters. The van der Waals surface area contributed by atoms with Crippen molar-refractivity contribution < 1.29 is 19.5 Å². The van der Waals surface area contributed by atoms with Gasteiger partial charge < -0.3 is 21.1 Å². The maximum absolute atomic E-state index is 12.1. The molecule has 1 aliphatic rings. The Morgan fingerprint density at radius 2 is 2.16 bits per heavy atom. The van der Waals surface area contributed by atoms with E-state index in [-0.39, 0.29) is 24.4 Å². The van der Waals surface area contributed by atoms with E-state index in [0.717, 1.165) is 12.8 Å². The van der Waals surface area contributed by atoms with Gasteiger partial charge in [0, 0.05) is 5.75 Å². The second kappa shape index (κ2) is 7.34. The van der Waals surface area contributed by atoms with E-state index in [1.54, 1.807) is 0 Å². The molecule has 0 aromatic rings. The average Bonchev–Trinajstić information content (AvgIpc) is 2.80. The van der Waals surface area contributed by atoms with E-state index in [1.165, 1.54) is 16.7 Å². The number of aliphatic carboxylic acids is 1. The summed E-state index contributed by atoms with van der Waals surface area (Å²) in [5, 5.41) is 11.4.